The van der Waals surface area contributed by atoms with Crippen molar-refractivity contribution in [1.29, 1.82) is 0 Å². The van der Waals surface area contributed by atoms with Crippen molar-refractivity contribution < 1.29 is 9.84 Å². The summed E-state index contributed by atoms with van der Waals surface area (Å²) in [5.74, 6) is 1.43. The predicted octanol–water partition coefficient (Wildman–Crippen LogP) is 3.90. The van der Waals surface area contributed by atoms with E-state index < -0.39 is 0 Å². The molecule has 1 aliphatic heterocycles. The lowest BCUT2D eigenvalue weighted by Gasteiger charge is -2.43. The summed E-state index contributed by atoms with van der Waals surface area (Å²) in [5.41, 5.74) is 4.08. The molecule has 0 aromatic heterocycles. The van der Waals surface area contributed by atoms with Crippen LogP contribution >= 0.6 is 0 Å². The van der Waals surface area contributed by atoms with E-state index in [1.807, 2.05) is 13.8 Å². The van der Waals surface area contributed by atoms with Crippen molar-refractivity contribution in [2.45, 2.75) is 52.1 Å². The molecule has 1 aromatic carbocycles. The molecule has 0 atom stereocenters. The first-order chi connectivity index (χ1) is 8.58. The summed E-state index contributed by atoms with van der Waals surface area (Å²) < 4.78 is 6.27. The number of hydrogen-bond acceptors (Lipinski definition) is 2. The predicted molar refractivity (Wildman–Crippen MR) is 73.2 cm³/mol. The summed E-state index contributed by atoms with van der Waals surface area (Å²) in [6, 6.07) is 0. The van der Waals surface area contributed by atoms with Gasteiger partial charge in [0.2, 0.25) is 0 Å². The molecule has 0 unspecified atom stereocenters. The zero-order valence-electron chi connectivity index (χ0n) is 11.3. The fourth-order valence-electron chi connectivity index (χ4n) is 2.97. The van der Waals surface area contributed by atoms with Gasteiger partial charge in [0.15, 0.2) is 0 Å². The molecule has 1 heterocycles. The maximum Gasteiger partial charge on any atom is 0.131 e. The van der Waals surface area contributed by atoms with Crippen molar-refractivity contribution >= 4 is 6.08 Å². The molecule has 1 N–H and O–H groups in total. The highest BCUT2D eigenvalue weighted by atomic mass is 16.5. The molecule has 1 aliphatic carbocycles. The molecule has 1 fully saturated rings. The SMILES string of the molecule is CCc1c(O)c(C)c(C)c2c1C=CC1(CCC1)O2. The Balaban J connectivity index is 2.20. The lowest BCUT2D eigenvalue weighted by Crippen LogP contribution is -2.42. The number of rotatable bonds is 1. The van der Waals surface area contributed by atoms with E-state index in [4.69, 9.17) is 4.74 Å². The van der Waals surface area contributed by atoms with Gasteiger partial charge in [0.1, 0.15) is 17.1 Å². The van der Waals surface area contributed by atoms with Gasteiger partial charge in [-0.05, 0) is 56.7 Å². The van der Waals surface area contributed by atoms with E-state index in [0.717, 1.165) is 47.3 Å². The average molecular weight is 244 g/mol. The average Bonchev–Trinajstić information content (AvgIpc) is 2.35. The van der Waals surface area contributed by atoms with Crippen LogP contribution in [-0.4, -0.2) is 10.7 Å². The Labute approximate surface area is 108 Å². The third kappa shape index (κ3) is 1.41. The van der Waals surface area contributed by atoms with E-state index in [2.05, 4.69) is 19.1 Å². The summed E-state index contributed by atoms with van der Waals surface area (Å²) in [4.78, 5) is 0. The molecule has 1 spiro atoms. The van der Waals surface area contributed by atoms with Crippen LogP contribution < -0.4 is 4.74 Å². The smallest absolute Gasteiger partial charge is 0.131 e. The minimum atomic E-state index is -0.0494. The van der Waals surface area contributed by atoms with E-state index in [0.29, 0.717) is 5.75 Å². The zero-order valence-corrected chi connectivity index (χ0v) is 11.3. The minimum Gasteiger partial charge on any atom is -0.507 e. The van der Waals surface area contributed by atoms with Crippen LogP contribution in [0.2, 0.25) is 0 Å². The number of phenols is 1. The second kappa shape index (κ2) is 3.78. The highest BCUT2D eigenvalue weighted by Gasteiger charge is 2.40. The van der Waals surface area contributed by atoms with E-state index in [1.165, 1.54) is 6.42 Å². The lowest BCUT2D eigenvalue weighted by atomic mass is 9.77. The summed E-state index contributed by atoms with van der Waals surface area (Å²) >= 11 is 0. The molecule has 2 nitrogen and oxygen atoms in total. The van der Waals surface area contributed by atoms with Crippen molar-refractivity contribution in [2.24, 2.45) is 0 Å². The van der Waals surface area contributed by atoms with Crippen LogP contribution in [0, 0.1) is 13.8 Å². The van der Waals surface area contributed by atoms with Crippen molar-refractivity contribution in [2.75, 3.05) is 0 Å². The summed E-state index contributed by atoms with van der Waals surface area (Å²) in [6.07, 6.45) is 8.65. The molecule has 96 valence electrons. The fourth-order valence-corrected chi connectivity index (χ4v) is 2.97. The molecule has 2 heteroatoms. The third-order valence-electron chi connectivity index (χ3n) is 4.53. The van der Waals surface area contributed by atoms with Gasteiger partial charge in [0, 0.05) is 11.1 Å². The number of phenolic OH excluding ortho intramolecular Hbond substituents is 1. The van der Waals surface area contributed by atoms with Crippen LogP contribution in [0.5, 0.6) is 11.5 Å². The molecule has 1 saturated carbocycles. The molecule has 0 radical (unpaired) electrons. The number of fused-ring (bicyclic) bond motifs is 1. The highest BCUT2D eigenvalue weighted by Crippen LogP contribution is 2.47. The molecule has 0 amide bonds. The Kier molecular flexibility index (Phi) is 2.44. The Morgan fingerprint density at radius 2 is 2.00 bits per heavy atom. The van der Waals surface area contributed by atoms with Crippen LogP contribution in [0.4, 0.5) is 0 Å². The number of hydrogen-bond donors (Lipinski definition) is 1. The van der Waals surface area contributed by atoms with E-state index in [1.54, 1.807) is 0 Å². The van der Waals surface area contributed by atoms with Gasteiger partial charge in [0.05, 0.1) is 0 Å². The summed E-state index contributed by atoms with van der Waals surface area (Å²) in [7, 11) is 0. The van der Waals surface area contributed by atoms with Gasteiger partial charge in [-0.25, -0.2) is 0 Å². The first-order valence-electron chi connectivity index (χ1n) is 6.81. The maximum atomic E-state index is 10.2. The highest BCUT2D eigenvalue weighted by molar-refractivity contribution is 5.72. The van der Waals surface area contributed by atoms with Crippen LogP contribution in [0.25, 0.3) is 6.08 Å². The number of benzene rings is 1. The number of ether oxygens (including phenoxy) is 1. The van der Waals surface area contributed by atoms with Crippen LogP contribution in [-0.2, 0) is 6.42 Å². The lowest BCUT2D eigenvalue weighted by molar-refractivity contribution is 0.0373. The second-order valence-electron chi connectivity index (χ2n) is 5.53. The fraction of sp³-hybridized carbons (Fsp3) is 0.500. The van der Waals surface area contributed by atoms with Gasteiger partial charge in [-0.1, -0.05) is 13.0 Å². The van der Waals surface area contributed by atoms with Gasteiger partial charge in [0.25, 0.3) is 0 Å². The number of aromatic hydroxyl groups is 1. The van der Waals surface area contributed by atoms with Gasteiger partial charge >= 0.3 is 0 Å². The summed E-state index contributed by atoms with van der Waals surface area (Å²) in [6.45, 7) is 6.09. The van der Waals surface area contributed by atoms with Gasteiger partial charge in [-0.3, -0.25) is 0 Å². The molecule has 18 heavy (non-hydrogen) atoms. The third-order valence-corrected chi connectivity index (χ3v) is 4.53. The van der Waals surface area contributed by atoms with E-state index in [9.17, 15) is 5.11 Å². The quantitative estimate of drug-likeness (QED) is 0.811. The Hall–Kier alpha value is -1.44. The van der Waals surface area contributed by atoms with Crippen molar-refractivity contribution in [3.05, 3.63) is 28.3 Å². The first-order valence-corrected chi connectivity index (χ1v) is 6.81. The van der Waals surface area contributed by atoms with Gasteiger partial charge in [-0.15, -0.1) is 0 Å². The zero-order chi connectivity index (χ0) is 12.9. The first kappa shape index (κ1) is 11.6. The van der Waals surface area contributed by atoms with Crippen molar-refractivity contribution in [3.8, 4) is 11.5 Å². The monoisotopic (exact) mass is 244 g/mol. The normalized spacial score (nSPS) is 19.3. The second-order valence-corrected chi connectivity index (χ2v) is 5.53. The van der Waals surface area contributed by atoms with E-state index in [-0.39, 0.29) is 5.60 Å². The molecule has 0 saturated heterocycles. The van der Waals surface area contributed by atoms with Crippen molar-refractivity contribution in [3.63, 3.8) is 0 Å². The van der Waals surface area contributed by atoms with Crippen LogP contribution in [0.3, 0.4) is 0 Å². The van der Waals surface area contributed by atoms with Crippen LogP contribution in [0.15, 0.2) is 6.08 Å². The van der Waals surface area contributed by atoms with Gasteiger partial charge < -0.3 is 9.84 Å². The van der Waals surface area contributed by atoms with Crippen molar-refractivity contribution in [1.82, 2.24) is 0 Å². The molecule has 2 aliphatic rings. The van der Waals surface area contributed by atoms with E-state index >= 15 is 0 Å². The summed E-state index contributed by atoms with van der Waals surface area (Å²) in [5, 5.41) is 10.2. The van der Waals surface area contributed by atoms with Crippen LogP contribution in [0.1, 0.15) is 48.4 Å². The van der Waals surface area contributed by atoms with Gasteiger partial charge in [-0.2, -0.15) is 0 Å². The Bertz CT molecular complexity index is 537. The molecular weight excluding hydrogens is 224 g/mol. The minimum absolute atomic E-state index is 0.0494. The largest absolute Gasteiger partial charge is 0.507 e. The Morgan fingerprint density at radius 1 is 1.28 bits per heavy atom. The maximum absolute atomic E-state index is 10.2. The molecular formula is C16H20O2. The molecule has 0 bridgehead atoms. The molecule has 1 aromatic rings. The topological polar surface area (TPSA) is 29.5 Å². The standard InChI is InChI=1S/C16H20O2/c1-4-12-13-6-9-16(7-5-8-16)18-15(13)11(3)10(2)14(12)17/h6,9,17H,4-5,7-8H2,1-3H3. The molecule has 3 rings (SSSR count). The Morgan fingerprint density at radius 3 is 2.56 bits per heavy atom.